The van der Waals surface area contributed by atoms with E-state index in [1.54, 1.807) is 52.0 Å². The Morgan fingerprint density at radius 2 is 1.62 bits per heavy atom. The van der Waals surface area contributed by atoms with Crippen molar-refractivity contribution in [2.24, 2.45) is 28.8 Å². The number of aromatic hydroxyl groups is 3. The molecule has 3 aliphatic heterocycles. The minimum absolute atomic E-state index is 0.0158. The number of Topliss-reactive ketones (excluding diaryl/α,β-unsaturated/α-hetero) is 1. The molecule has 9 atom stereocenters. The van der Waals surface area contributed by atoms with Crippen molar-refractivity contribution in [3.63, 3.8) is 0 Å². The molecule has 5 bridgehead atoms. The molecule has 328 valence electrons. The highest BCUT2D eigenvalue weighted by Gasteiger charge is 2.50. The molecular formula is C45H53BrN2O13. The van der Waals surface area contributed by atoms with E-state index in [1.807, 2.05) is 12.1 Å². The average molecular weight is 910 g/mol. The highest BCUT2D eigenvalue weighted by atomic mass is 79.9. The molecule has 16 heteroatoms. The van der Waals surface area contributed by atoms with Gasteiger partial charge in [-0.3, -0.25) is 14.4 Å². The molecule has 0 unspecified atom stereocenters. The van der Waals surface area contributed by atoms with Crippen LogP contribution in [0.3, 0.4) is 0 Å². The quantitative estimate of drug-likeness (QED) is 0.0480. The first-order valence-corrected chi connectivity index (χ1v) is 20.5. The van der Waals surface area contributed by atoms with Gasteiger partial charge in [-0.05, 0) is 37.6 Å². The number of fused-ring (bicyclic) bond motifs is 14. The number of aliphatic hydroxyl groups excluding tert-OH is 2. The fourth-order valence-electron chi connectivity index (χ4n) is 7.65. The summed E-state index contributed by atoms with van der Waals surface area (Å²) in [7, 11) is 1.43. The van der Waals surface area contributed by atoms with Crippen molar-refractivity contribution in [3.8, 4) is 23.0 Å². The Kier molecular flexibility index (Phi) is 14.6. The highest BCUT2D eigenvalue weighted by Crippen LogP contribution is 2.55. The van der Waals surface area contributed by atoms with Gasteiger partial charge in [0.05, 0.1) is 53.0 Å². The number of ketones is 1. The summed E-state index contributed by atoms with van der Waals surface area (Å²) in [4.78, 5) is 46.0. The summed E-state index contributed by atoms with van der Waals surface area (Å²) in [6, 6.07) is 7.25. The minimum Gasteiger partial charge on any atom is -0.507 e. The third kappa shape index (κ3) is 9.57. The molecule has 15 nitrogen and oxygen atoms in total. The number of carbonyl (C=O) groups excluding carboxylic acids is 3. The molecular weight excluding hydrogens is 856 g/mol. The van der Waals surface area contributed by atoms with Crippen LogP contribution in [-0.2, 0) is 35.2 Å². The van der Waals surface area contributed by atoms with E-state index in [-0.39, 0.29) is 51.1 Å². The van der Waals surface area contributed by atoms with E-state index in [0.717, 1.165) is 16.3 Å². The third-order valence-corrected chi connectivity index (χ3v) is 12.0. The summed E-state index contributed by atoms with van der Waals surface area (Å²) in [5.74, 6) is -8.77. The molecule has 0 saturated carbocycles. The maximum Gasteiger partial charge on any atom is 0.312 e. The van der Waals surface area contributed by atoms with Gasteiger partial charge in [-0.1, -0.05) is 79.1 Å². The van der Waals surface area contributed by atoms with Gasteiger partial charge in [-0.25, -0.2) is 0 Å². The van der Waals surface area contributed by atoms with E-state index < -0.39 is 88.8 Å². The number of phenolic OH excluding ortho intramolecular Hbond substituents is 3. The van der Waals surface area contributed by atoms with Crippen LogP contribution in [0.15, 0.2) is 70.0 Å². The summed E-state index contributed by atoms with van der Waals surface area (Å²) in [6.07, 6.45) is 4.45. The number of rotatable bonds is 6. The van der Waals surface area contributed by atoms with E-state index in [1.165, 1.54) is 53.2 Å². The van der Waals surface area contributed by atoms with Crippen molar-refractivity contribution in [3.05, 3.63) is 87.1 Å². The maximum atomic E-state index is 14.4. The van der Waals surface area contributed by atoms with E-state index in [2.05, 4.69) is 26.4 Å². The largest absolute Gasteiger partial charge is 0.507 e. The third-order valence-electron chi connectivity index (χ3n) is 11.4. The molecule has 3 heterocycles. The zero-order valence-electron chi connectivity index (χ0n) is 35.4. The second kappa shape index (κ2) is 19.1. The lowest BCUT2D eigenvalue weighted by atomic mass is 9.78. The van der Waals surface area contributed by atoms with Gasteiger partial charge in [0.15, 0.2) is 5.75 Å². The van der Waals surface area contributed by atoms with Crippen molar-refractivity contribution in [1.82, 2.24) is 0 Å². The molecule has 3 aromatic carbocycles. The number of hydrogen-bond donors (Lipinski definition) is 6. The standard InChI is InChI=1S/C45H53BrN2O13/c1-21-11-10-12-22(2)44(56)48-35-30(19-47-59-20-28-13-15-29(46)16-14-28)39(53)32-33(40(35)54)38(52)26(6)42-34(32)43(55)45(8,61-42)58-18-17-31(57-9)23(3)41(60-27(7)49)25(5)37(51)24(4)36(21)50/h10-19,21,23-25,31,36-37,41,50-54H,20H2,1-9H3,(H,48,56)/b11-10+,18-17+,22-12-,47-19+/t21-,23+,24+,25+,31-,36-,37+,41+,45-/m0/s1. The number of oxime groups is 1. The number of nitrogens with zero attached hydrogens (tertiary/aromatic N) is 1. The first kappa shape index (κ1) is 46.6. The molecule has 0 aromatic heterocycles. The number of nitrogens with one attached hydrogen (secondary N) is 1. The normalized spacial score (nSPS) is 29.4. The molecule has 3 aromatic rings. The number of aliphatic hydroxyl groups is 2. The molecule has 0 radical (unpaired) electrons. The molecule has 1 amide bonds. The highest BCUT2D eigenvalue weighted by molar-refractivity contribution is 9.10. The van der Waals surface area contributed by atoms with Crippen LogP contribution in [0, 0.1) is 30.6 Å². The molecule has 0 saturated heterocycles. The topological polar surface area (TPSA) is 223 Å². The zero-order chi connectivity index (χ0) is 45.1. The summed E-state index contributed by atoms with van der Waals surface area (Å²) >= 11 is 3.38. The number of esters is 1. The number of methoxy groups -OCH3 is 1. The maximum absolute atomic E-state index is 14.4. The molecule has 3 aliphatic rings. The van der Waals surface area contributed by atoms with Crippen molar-refractivity contribution >= 4 is 56.3 Å². The molecule has 6 rings (SSSR count). The Morgan fingerprint density at radius 1 is 0.951 bits per heavy atom. The number of phenols is 3. The van der Waals surface area contributed by atoms with Crippen LogP contribution in [0.25, 0.3) is 10.8 Å². The number of hydrogen-bond acceptors (Lipinski definition) is 14. The van der Waals surface area contributed by atoms with Crippen molar-refractivity contribution in [1.29, 1.82) is 0 Å². The summed E-state index contributed by atoms with van der Waals surface area (Å²) < 4.78 is 24.4. The average Bonchev–Trinajstić information content (AvgIpc) is 3.49. The second-order valence-corrected chi connectivity index (χ2v) is 16.7. The number of carbonyl (C=O) groups is 3. The Morgan fingerprint density at radius 3 is 2.26 bits per heavy atom. The Labute approximate surface area is 362 Å². The molecule has 6 N–H and O–H groups in total. The molecule has 0 fully saturated rings. The van der Waals surface area contributed by atoms with Crippen LogP contribution in [-0.4, -0.2) is 86.7 Å². The van der Waals surface area contributed by atoms with Gasteiger partial charge in [-0.2, -0.15) is 0 Å². The lowest BCUT2D eigenvalue weighted by Gasteiger charge is -2.38. The number of ether oxygens (including phenoxy) is 4. The van der Waals surface area contributed by atoms with E-state index in [0.29, 0.717) is 0 Å². The van der Waals surface area contributed by atoms with Crippen LogP contribution in [0.4, 0.5) is 5.69 Å². The SMILES string of the molecule is CO[C@H]1/C=C/O[C@@]2(C)Oc3c(C)c(O)c4c(O)c(c(/C=N/OCc5ccc(Br)cc5)c(O)c4c3C2=O)NC(=O)/C(C)=C\C=C\[C@H](C)[C@H](O)[C@@H](C)[C@@H](O)[C@@H](C)[C@H](OC(C)=O)[C@@H]1C. The van der Waals surface area contributed by atoms with Crippen LogP contribution in [0.5, 0.6) is 23.0 Å². The predicted octanol–water partition coefficient (Wildman–Crippen LogP) is 7.07. The van der Waals surface area contributed by atoms with Crippen molar-refractivity contribution in [2.75, 3.05) is 12.4 Å². The van der Waals surface area contributed by atoms with E-state index >= 15 is 0 Å². The minimum atomic E-state index is -2.08. The Hall–Kier alpha value is -5.42. The second-order valence-electron chi connectivity index (χ2n) is 15.8. The number of amides is 1. The van der Waals surface area contributed by atoms with Gasteiger partial charge in [0.25, 0.3) is 11.7 Å². The monoisotopic (exact) mass is 908 g/mol. The molecule has 0 aliphatic carbocycles. The number of benzene rings is 3. The fourth-order valence-corrected chi connectivity index (χ4v) is 7.92. The van der Waals surface area contributed by atoms with Crippen LogP contribution in [0.2, 0.25) is 0 Å². The van der Waals surface area contributed by atoms with Gasteiger partial charge in [0, 0.05) is 65.6 Å². The van der Waals surface area contributed by atoms with E-state index in [9.17, 15) is 39.9 Å². The summed E-state index contributed by atoms with van der Waals surface area (Å²) in [5.41, 5.74) is 0.0678. The Balaban J connectivity index is 1.68. The summed E-state index contributed by atoms with van der Waals surface area (Å²) in [6.45, 7) is 12.4. The van der Waals surface area contributed by atoms with Crippen LogP contribution >= 0.6 is 15.9 Å². The van der Waals surface area contributed by atoms with Gasteiger partial charge in [0.2, 0.25) is 0 Å². The number of halogens is 1. The molecule has 0 spiro atoms. The van der Waals surface area contributed by atoms with Gasteiger partial charge in [-0.15, -0.1) is 0 Å². The van der Waals surface area contributed by atoms with Crippen molar-refractivity contribution < 1.29 is 63.7 Å². The fraction of sp³-hybridized carbons (Fsp3) is 0.422. The Bertz CT molecular complexity index is 2290. The lowest BCUT2D eigenvalue weighted by Crippen LogP contribution is -2.46. The van der Waals surface area contributed by atoms with E-state index in [4.69, 9.17) is 23.8 Å². The van der Waals surface area contributed by atoms with Gasteiger partial charge in [0.1, 0.15) is 30.0 Å². The van der Waals surface area contributed by atoms with Crippen molar-refractivity contribution in [2.45, 2.75) is 92.2 Å². The number of allylic oxidation sites excluding steroid dienone is 2. The van der Waals surface area contributed by atoms with Crippen LogP contribution < -0.4 is 10.1 Å². The smallest absolute Gasteiger partial charge is 0.312 e. The van der Waals surface area contributed by atoms with Gasteiger partial charge < -0.3 is 54.6 Å². The lowest BCUT2D eigenvalue weighted by molar-refractivity contribution is -0.160. The zero-order valence-corrected chi connectivity index (χ0v) is 37.0. The summed E-state index contributed by atoms with van der Waals surface area (Å²) in [5, 5.41) is 64.2. The predicted molar refractivity (Wildman–Crippen MR) is 230 cm³/mol. The van der Waals surface area contributed by atoms with Crippen LogP contribution in [0.1, 0.15) is 75.5 Å². The number of anilines is 1. The van der Waals surface area contributed by atoms with Gasteiger partial charge >= 0.3 is 11.8 Å². The molecule has 61 heavy (non-hydrogen) atoms. The first-order valence-electron chi connectivity index (χ1n) is 19.7. The first-order chi connectivity index (χ1) is 28.7.